The SMILES string of the molecule is CCC(CC)c1ccc(Br)c([N+](=O)[O-])c1. The highest BCUT2D eigenvalue weighted by atomic mass is 79.9. The zero-order valence-corrected chi connectivity index (χ0v) is 10.5. The molecule has 1 rings (SSSR count). The topological polar surface area (TPSA) is 43.1 Å². The lowest BCUT2D eigenvalue weighted by Gasteiger charge is -2.12. The van der Waals surface area contributed by atoms with E-state index in [1.807, 2.05) is 6.07 Å². The van der Waals surface area contributed by atoms with Crippen molar-refractivity contribution in [2.45, 2.75) is 32.6 Å². The van der Waals surface area contributed by atoms with Crippen molar-refractivity contribution in [2.24, 2.45) is 0 Å². The molecule has 0 aliphatic rings. The van der Waals surface area contributed by atoms with Gasteiger partial charge in [0.2, 0.25) is 0 Å². The van der Waals surface area contributed by atoms with Crippen LogP contribution in [0.3, 0.4) is 0 Å². The van der Waals surface area contributed by atoms with Crippen molar-refractivity contribution < 1.29 is 4.92 Å². The Morgan fingerprint density at radius 2 is 2.00 bits per heavy atom. The number of nitro benzene ring substituents is 1. The molecule has 0 spiro atoms. The van der Waals surface area contributed by atoms with Crippen molar-refractivity contribution >= 4 is 21.6 Å². The van der Waals surface area contributed by atoms with Crippen LogP contribution in [-0.4, -0.2) is 4.92 Å². The van der Waals surface area contributed by atoms with Crippen molar-refractivity contribution in [3.63, 3.8) is 0 Å². The fraction of sp³-hybridized carbons (Fsp3) is 0.455. The molecule has 0 aromatic heterocycles. The molecule has 0 saturated carbocycles. The summed E-state index contributed by atoms with van der Waals surface area (Å²) in [6, 6.07) is 5.38. The van der Waals surface area contributed by atoms with Crippen LogP contribution in [-0.2, 0) is 0 Å². The van der Waals surface area contributed by atoms with E-state index in [0.717, 1.165) is 18.4 Å². The van der Waals surface area contributed by atoms with Crippen LogP contribution < -0.4 is 0 Å². The maximum Gasteiger partial charge on any atom is 0.283 e. The summed E-state index contributed by atoms with van der Waals surface area (Å²) in [5.41, 5.74) is 1.20. The van der Waals surface area contributed by atoms with Gasteiger partial charge in [-0.15, -0.1) is 0 Å². The van der Waals surface area contributed by atoms with Gasteiger partial charge < -0.3 is 0 Å². The van der Waals surface area contributed by atoms with Crippen molar-refractivity contribution in [1.82, 2.24) is 0 Å². The Balaban J connectivity index is 3.11. The van der Waals surface area contributed by atoms with E-state index in [1.54, 1.807) is 12.1 Å². The molecule has 0 atom stereocenters. The number of nitro groups is 1. The van der Waals surface area contributed by atoms with E-state index < -0.39 is 0 Å². The fourth-order valence-electron chi connectivity index (χ4n) is 1.68. The van der Waals surface area contributed by atoms with Gasteiger partial charge in [0.1, 0.15) is 0 Å². The number of hydrogen-bond acceptors (Lipinski definition) is 2. The number of benzene rings is 1. The Kier molecular flexibility index (Phi) is 4.27. The molecular weight excluding hydrogens is 258 g/mol. The third kappa shape index (κ3) is 2.78. The molecule has 1 aromatic carbocycles. The standard InChI is InChI=1S/C11H14BrNO2/c1-3-8(4-2)9-5-6-10(12)11(7-9)13(14)15/h5-8H,3-4H2,1-2H3. The summed E-state index contributed by atoms with van der Waals surface area (Å²) in [6.07, 6.45) is 2.02. The van der Waals surface area contributed by atoms with Crippen LogP contribution in [0.5, 0.6) is 0 Å². The molecule has 15 heavy (non-hydrogen) atoms. The van der Waals surface area contributed by atoms with Gasteiger partial charge in [-0.05, 0) is 46.3 Å². The molecule has 0 unspecified atom stereocenters. The van der Waals surface area contributed by atoms with Gasteiger partial charge in [-0.3, -0.25) is 10.1 Å². The van der Waals surface area contributed by atoms with Gasteiger partial charge in [0.15, 0.2) is 0 Å². The Hall–Kier alpha value is -0.900. The molecule has 0 fully saturated rings. The largest absolute Gasteiger partial charge is 0.283 e. The Labute approximate surface area is 97.8 Å². The Morgan fingerprint density at radius 3 is 2.47 bits per heavy atom. The molecule has 0 bridgehead atoms. The summed E-state index contributed by atoms with van der Waals surface area (Å²) in [6.45, 7) is 4.20. The molecule has 0 heterocycles. The maximum absolute atomic E-state index is 10.7. The van der Waals surface area contributed by atoms with E-state index in [2.05, 4.69) is 29.8 Å². The fourth-order valence-corrected chi connectivity index (χ4v) is 2.08. The molecule has 0 amide bonds. The second kappa shape index (κ2) is 5.26. The van der Waals surface area contributed by atoms with Gasteiger partial charge in [-0.1, -0.05) is 19.9 Å². The normalized spacial score (nSPS) is 10.7. The minimum absolute atomic E-state index is 0.152. The molecule has 1 aromatic rings. The average Bonchev–Trinajstić information content (AvgIpc) is 2.21. The molecule has 82 valence electrons. The lowest BCUT2D eigenvalue weighted by atomic mass is 9.94. The van der Waals surface area contributed by atoms with Crippen LogP contribution in [0, 0.1) is 10.1 Å². The zero-order chi connectivity index (χ0) is 11.4. The summed E-state index contributed by atoms with van der Waals surface area (Å²) in [7, 11) is 0. The number of nitrogens with zero attached hydrogens (tertiary/aromatic N) is 1. The molecule has 4 heteroatoms. The third-order valence-corrected chi connectivity index (χ3v) is 3.29. The van der Waals surface area contributed by atoms with Crippen molar-refractivity contribution in [2.75, 3.05) is 0 Å². The van der Waals surface area contributed by atoms with Gasteiger partial charge in [-0.25, -0.2) is 0 Å². The highest BCUT2D eigenvalue weighted by Gasteiger charge is 2.15. The molecular formula is C11H14BrNO2. The Morgan fingerprint density at radius 1 is 1.40 bits per heavy atom. The van der Waals surface area contributed by atoms with E-state index >= 15 is 0 Å². The molecule has 0 N–H and O–H groups in total. The number of rotatable bonds is 4. The molecule has 0 aliphatic heterocycles. The Bertz CT molecular complexity index is 362. The minimum Gasteiger partial charge on any atom is -0.258 e. The van der Waals surface area contributed by atoms with Gasteiger partial charge in [0.25, 0.3) is 5.69 Å². The quantitative estimate of drug-likeness (QED) is 0.607. The second-order valence-electron chi connectivity index (χ2n) is 3.48. The monoisotopic (exact) mass is 271 g/mol. The molecule has 3 nitrogen and oxygen atoms in total. The van der Waals surface area contributed by atoms with E-state index in [-0.39, 0.29) is 10.6 Å². The highest BCUT2D eigenvalue weighted by molar-refractivity contribution is 9.10. The number of halogens is 1. The van der Waals surface area contributed by atoms with Crippen LogP contribution in [0.2, 0.25) is 0 Å². The van der Waals surface area contributed by atoms with E-state index in [4.69, 9.17) is 0 Å². The smallest absolute Gasteiger partial charge is 0.258 e. The average molecular weight is 272 g/mol. The molecule has 0 saturated heterocycles. The van der Waals surface area contributed by atoms with Gasteiger partial charge >= 0.3 is 0 Å². The summed E-state index contributed by atoms with van der Waals surface area (Å²) >= 11 is 3.18. The summed E-state index contributed by atoms with van der Waals surface area (Å²) in [4.78, 5) is 10.4. The van der Waals surface area contributed by atoms with Crippen LogP contribution in [0.15, 0.2) is 22.7 Å². The van der Waals surface area contributed by atoms with Crippen LogP contribution in [0.1, 0.15) is 38.2 Å². The van der Waals surface area contributed by atoms with Crippen molar-refractivity contribution in [3.05, 3.63) is 38.3 Å². The summed E-state index contributed by atoms with van der Waals surface area (Å²) < 4.78 is 0.544. The lowest BCUT2D eigenvalue weighted by molar-refractivity contribution is -0.385. The third-order valence-electron chi connectivity index (χ3n) is 2.62. The second-order valence-corrected chi connectivity index (χ2v) is 4.34. The first kappa shape index (κ1) is 12.2. The van der Waals surface area contributed by atoms with Gasteiger partial charge in [0, 0.05) is 6.07 Å². The van der Waals surface area contributed by atoms with E-state index in [9.17, 15) is 10.1 Å². The van der Waals surface area contributed by atoms with E-state index in [1.165, 1.54) is 0 Å². The van der Waals surface area contributed by atoms with Crippen molar-refractivity contribution in [1.29, 1.82) is 0 Å². The number of hydrogen-bond donors (Lipinski definition) is 0. The van der Waals surface area contributed by atoms with Crippen molar-refractivity contribution in [3.8, 4) is 0 Å². The predicted molar refractivity (Wildman–Crippen MR) is 64.1 cm³/mol. The predicted octanol–water partition coefficient (Wildman–Crippen LogP) is 4.26. The zero-order valence-electron chi connectivity index (χ0n) is 8.87. The summed E-state index contributed by atoms with van der Waals surface area (Å²) in [5.74, 6) is 0.414. The highest BCUT2D eigenvalue weighted by Crippen LogP contribution is 2.31. The first-order valence-corrected chi connectivity index (χ1v) is 5.83. The molecule has 0 aliphatic carbocycles. The lowest BCUT2D eigenvalue weighted by Crippen LogP contribution is -1.97. The van der Waals surface area contributed by atoms with E-state index in [0.29, 0.717) is 10.4 Å². The summed E-state index contributed by atoms with van der Waals surface area (Å²) in [5, 5.41) is 10.7. The van der Waals surface area contributed by atoms with Crippen LogP contribution in [0.4, 0.5) is 5.69 Å². The van der Waals surface area contributed by atoms with Crippen LogP contribution >= 0.6 is 15.9 Å². The van der Waals surface area contributed by atoms with Gasteiger partial charge in [0.05, 0.1) is 9.40 Å². The molecule has 0 radical (unpaired) electrons. The van der Waals surface area contributed by atoms with Gasteiger partial charge in [-0.2, -0.15) is 0 Å². The first-order chi connectivity index (χ1) is 7.10. The maximum atomic E-state index is 10.7. The van der Waals surface area contributed by atoms with Crippen LogP contribution in [0.25, 0.3) is 0 Å². The first-order valence-electron chi connectivity index (χ1n) is 5.04. The minimum atomic E-state index is -0.351.